The normalized spacial score (nSPS) is 20.4. The SMILES string of the molecule is CCNCC1CCCN(S(=O)(=O)Nc2cncc(C)c2)C1. The van der Waals surface area contributed by atoms with Crippen molar-refractivity contribution in [1.29, 1.82) is 0 Å². The smallest absolute Gasteiger partial charge is 0.301 e. The lowest BCUT2D eigenvalue weighted by atomic mass is 10.00. The van der Waals surface area contributed by atoms with Crippen molar-refractivity contribution in [2.75, 3.05) is 30.9 Å². The average molecular weight is 312 g/mol. The van der Waals surface area contributed by atoms with E-state index in [1.165, 1.54) is 6.20 Å². The van der Waals surface area contributed by atoms with Gasteiger partial charge in [-0.05, 0) is 50.4 Å². The Morgan fingerprint density at radius 2 is 2.24 bits per heavy atom. The Labute approximate surface area is 127 Å². The molecule has 1 saturated heterocycles. The lowest BCUT2D eigenvalue weighted by Crippen LogP contribution is -2.45. The van der Waals surface area contributed by atoms with Crippen LogP contribution in [-0.2, 0) is 10.2 Å². The van der Waals surface area contributed by atoms with Crippen LogP contribution >= 0.6 is 0 Å². The third-order valence-electron chi connectivity index (χ3n) is 3.63. The first kappa shape index (κ1) is 16.2. The number of hydrogen-bond donors (Lipinski definition) is 2. The molecule has 1 fully saturated rings. The molecule has 0 spiro atoms. The van der Waals surface area contributed by atoms with E-state index in [1.807, 2.05) is 6.92 Å². The van der Waals surface area contributed by atoms with Crippen LogP contribution in [-0.4, -0.2) is 43.9 Å². The second-order valence-electron chi connectivity index (χ2n) is 5.53. The van der Waals surface area contributed by atoms with E-state index in [-0.39, 0.29) is 0 Å². The van der Waals surface area contributed by atoms with Gasteiger partial charge in [-0.25, -0.2) is 0 Å². The maximum Gasteiger partial charge on any atom is 0.301 e. The molecule has 2 N–H and O–H groups in total. The van der Waals surface area contributed by atoms with Gasteiger partial charge in [0.15, 0.2) is 0 Å². The highest BCUT2D eigenvalue weighted by Crippen LogP contribution is 2.20. The summed E-state index contributed by atoms with van der Waals surface area (Å²) in [4.78, 5) is 4.01. The highest BCUT2D eigenvalue weighted by atomic mass is 32.2. The molecule has 1 aliphatic rings. The van der Waals surface area contributed by atoms with E-state index in [2.05, 4.69) is 21.9 Å². The average Bonchev–Trinajstić information content (AvgIpc) is 2.45. The summed E-state index contributed by atoms with van der Waals surface area (Å²) in [7, 11) is -3.50. The van der Waals surface area contributed by atoms with E-state index in [0.717, 1.165) is 31.5 Å². The summed E-state index contributed by atoms with van der Waals surface area (Å²) < 4.78 is 29.1. The first-order valence-corrected chi connectivity index (χ1v) is 8.85. The van der Waals surface area contributed by atoms with Gasteiger partial charge in [0.05, 0.1) is 11.9 Å². The molecule has 0 aliphatic carbocycles. The Hall–Kier alpha value is -1.18. The van der Waals surface area contributed by atoms with Gasteiger partial charge in [0.25, 0.3) is 0 Å². The topological polar surface area (TPSA) is 74.3 Å². The van der Waals surface area contributed by atoms with Gasteiger partial charge in [0.2, 0.25) is 0 Å². The van der Waals surface area contributed by atoms with E-state index in [4.69, 9.17) is 0 Å². The molecule has 0 bridgehead atoms. The molecule has 1 aromatic heterocycles. The minimum atomic E-state index is -3.50. The van der Waals surface area contributed by atoms with Crippen LogP contribution in [0.15, 0.2) is 18.5 Å². The molecule has 6 nitrogen and oxygen atoms in total. The molecule has 2 heterocycles. The standard InChI is InChI=1S/C14H24N4O2S/c1-3-15-9-13-5-4-6-18(11-13)21(19,20)17-14-7-12(2)8-16-10-14/h7-8,10,13,15,17H,3-6,9,11H2,1-2H3. The largest absolute Gasteiger partial charge is 0.317 e. The molecule has 0 radical (unpaired) electrons. The predicted molar refractivity (Wildman–Crippen MR) is 84.4 cm³/mol. The van der Waals surface area contributed by atoms with Crippen molar-refractivity contribution < 1.29 is 8.42 Å². The van der Waals surface area contributed by atoms with E-state index >= 15 is 0 Å². The number of nitrogens with one attached hydrogen (secondary N) is 2. The van der Waals surface area contributed by atoms with E-state index < -0.39 is 10.2 Å². The van der Waals surface area contributed by atoms with Crippen molar-refractivity contribution in [3.63, 3.8) is 0 Å². The van der Waals surface area contributed by atoms with Crippen molar-refractivity contribution in [2.24, 2.45) is 5.92 Å². The number of aryl methyl sites for hydroxylation is 1. The predicted octanol–water partition coefficient (Wildman–Crippen LogP) is 1.37. The Morgan fingerprint density at radius 1 is 1.43 bits per heavy atom. The van der Waals surface area contributed by atoms with Gasteiger partial charge in [-0.15, -0.1) is 0 Å². The van der Waals surface area contributed by atoms with E-state index in [1.54, 1.807) is 16.6 Å². The zero-order valence-electron chi connectivity index (χ0n) is 12.7. The molecule has 21 heavy (non-hydrogen) atoms. The molecule has 118 valence electrons. The first-order valence-electron chi connectivity index (χ1n) is 7.41. The molecule has 0 amide bonds. The number of rotatable bonds is 6. The lowest BCUT2D eigenvalue weighted by Gasteiger charge is -2.32. The van der Waals surface area contributed by atoms with Gasteiger partial charge in [-0.1, -0.05) is 6.92 Å². The van der Waals surface area contributed by atoms with Crippen LogP contribution in [0.3, 0.4) is 0 Å². The van der Waals surface area contributed by atoms with Gasteiger partial charge in [0, 0.05) is 19.3 Å². The maximum absolute atomic E-state index is 12.5. The molecule has 7 heteroatoms. The van der Waals surface area contributed by atoms with Crippen molar-refractivity contribution in [3.8, 4) is 0 Å². The van der Waals surface area contributed by atoms with Crippen LogP contribution in [0, 0.1) is 12.8 Å². The van der Waals surface area contributed by atoms with Crippen LogP contribution in [0.4, 0.5) is 5.69 Å². The number of hydrogen-bond acceptors (Lipinski definition) is 4. The fourth-order valence-electron chi connectivity index (χ4n) is 2.58. The number of anilines is 1. The van der Waals surface area contributed by atoms with Crippen LogP contribution in [0.2, 0.25) is 0 Å². The van der Waals surface area contributed by atoms with Crippen LogP contribution in [0.5, 0.6) is 0 Å². The van der Waals surface area contributed by atoms with Crippen molar-refractivity contribution in [3.05, 3.63) is 24.0 Å². The fourth-order valence-corrected chi connectivity index (χ4v) is 3.90. The Bertz CT molecular complexity index is 562. The molecule has 1 atom stereocenters. The summed E-state index contributed by atoms with van der Waals surface area (Å²) in [6.07, 6.45) is 5.21. The second kappa shape index (κ2) is 7.20. The highest BCUT2D eigenvalue weighted by Gasteiger charge is 2.28. The molecule has 1 aromatic rings. The molecule has 2 rings (SSSR count). The first-order chi connectivity index (χ1) is 10.0. The van der Waals surface area contributed by atoms with Crippen LogP contribution < -0.4 is 10.0 Å². The van der Waals surface area contributed by atoms with Crippen molar-refractivity contribution >= 4 is 15.9 Å². The summed E-state index contributed by atoms with van der Waals surface area (Å²) in [5.41, 5.74) is 1.45. The van der Waals surface area contributed by atoms with Gasteiger partial charge < -0.3 is 5.32 Å². The van der Waals surface area contributed by atoms with E-state index in [9.17, 15) is 8.42 Å². The van der Waals surface area contributed by atoms with Crippen LogP contribution in [0.1, 0.15) is 25.3 Å². The Kier molecular flexibility index (Phi) is 5.55. The summed E-state index contributed by atoms with van der Waals surface area (Å²) in [6.45, 7) is 6.88. The third-order valence-corrected chi connectivity index (χ3v) is 5.13. The van der Waals surface area contributed by atoms with Gasteiger partial charge >= 0.3 is 10.2 Å². The zero-order chi connectivity index (χ0) is 15.3. The Morgan fingerprint density at radius 3 is 2.95 bits per heavy atom. The van der Waals surface area contributed by atoms with E-state index in [0.29, 0.717) is 24.7 Å². The monoisotopic (exact) mass is 312 g/mol. The quantitative estimate of drug-likeness (QED) is 0.832. The molecule has 1 aliphatic heterocycles. The van der Waals surface area contributed by atoms with Crippen molar-refractivity contribution in [2.45, 2.75) is 26.7 Å². The van der Waals surface area contributed by atoms with Crippen molar-refractivity contribution in [1.82, 2.24) is 14.6 Å². The molecule has 0 saturated carbocycles. The van der Waals surface area contributed by atoms with Gasteiger partial charge in [-0.2, -0.15) is 12.7 Å². The fraction of sp³-hybridized carbons (Fsp3) is 0.643. The number of pyridine rings is 1. The van der Waals surface area contributed by atoms with Gasteiger partial charge in [-0.3, -0.25) is 9.71 Å². The number of piperidine rings is 1. The number of nitrogens with zero attached hydrogens (tertiary/aromatic N) is 2. The summed E-state index contributed by atoms with van der Waals surface area (Å²) >= 11 is 0. The second-order valence-corrected chi connectivity index (χ2v) is 7.20. The zero-order valence-corrected chi connectivity index (χ0v) is 13.5. The highest BCUT2D eigenvalue weighted by molar-refractivity contribution is 7.90. The minimum absolute atomic E-state index is 0.380. The summed E-state index contributed by atoms with van der Waals surface area (Å²) in [5.74, 6) is 0.380. The summed E-state index contributed by atoms with van der Waals surface area (Å²) in [5, 5.41) is 3.30. The number of aromatic nitrogens is 1. The van der Waals surface area contributed by atoms with Gasteiger partial charge in [0.1, 0.15) is 0 Å². The molecule has 1 unspecified atom stereocenters. The maximum atomic E-state index is 12.5. The lowest BCUT2D eigenvalue weighted by molar-refractivity contribution is 0.262. The minimum Gasteiger partial charge on any atom is -0.317 e. The third kappa shape index (κ3) is 4.66. The molecular formula is C14H24N4O2S. The van der Waals surface area contributed by atoms with Crippen LogP contribution in [0.25, 0.3) is 0 Å². The molecular weight excluding hydrogens is 288 g/mol. The Balaban J connectivity index is 2.01. The molecule has 0 aromatic carbocycles. The summed E-state index contributed by atoms with van der Waals surface area (Å²) in [6, 6.07) is 1.78.